The normalized spacial score (nSPS) is 15.6. The minimum Gasteiger partial charge on any atom is -0.349 e. The van der Waals surface area contributed by atoms with Crippen molar-refractivity contribution in [3.05, 3.63) is 83.9 Å². The molecule has 0 bridgehead atoms. The highest BCUT2D eigenvalue weighted by Gasteiger charge is 2.29. The maximum absolute atomic E-state index is 13.2. The van der Waals surface area contributed by atoms with Gasteiger partial charge in [0.15, 0.2) is 0 Å². The Balaban J connectivity index is 1.38. The van der Waals surface area contributed by atoms with Gasteiger partial charge in [-0.3, -0.25) is 9.59 Å². The van der Waals surface area contributed by atoms with Gasteiger partial charge in [0.25, 0.3) is 5.91 Å². The first-order valence-electron chi connectivity index (χ1n) is 11.3. The number of hydrogen-bond donors (Lipinski definition) is 1. The van der Waals surface area contributed by atoms with E-state index in [9.17, 15) is 9.59 Å². The molecule has 31 heavy (non-hydrogen) atoms. The van der Waals surface area contributed by atoms with Crippen LogP contribution in [0.2, 0.25) is 0 Å². The highest BCUT2D eigenvalue weighted by molar-refractivity contribution is 6.07. The van der Waals surface area contributed by atoms with Gasteiger partial charge in [-0.15, -0.1) is 0 Å². The lowest BCUT2D eigenvalue weighted by Crippen LogP contribution is -2.43. The van der Waals surface area contributed by atoms with E-state index in [0.717, 1.165) is 34.7 Å². The zero-order chi connectivity index (χ0) is 21.6. The topological polar surface area (TPSA) is 49.4 Å². The van der Waals surface area contributed by atoms with E-state index in [-0.39, 0.29) is 23.8 Å². The molecule has 1 atom stereocenters. The Morgan fingerprint density at radius 3 is 2.35 bits per heavy atom. The van der Waals surface area contributed by atoms with Gasteiger partial charge >= 0.3 is 0 Å². The highest BCUT2D eigenvalue weighted by Crippen LogP contribution is 2.25. The lowest BCUT2D eigenvalue weighted by Gasteiger charge is -2.32. The Hall–Kier alpha value is -3.14. The summed E-state index contributed by atoms with van der Waals surface area (Å²) in [5.41, 5.74) is 1.90. The number of carbonyl (C=O) groups excluding carboxylic acids is 2. The largest absolute Gasteiger partial charge is 0.349 e. The minimum atomic E-state index is -0.0420. The number of fused-ring (bicyclic) bond motifs is 1. The predicted octanol–water partition coefficient (Wildman–Crippen LogP) is 5.35. The molecule has 1 aliphatic heterocycles. The van der Waals surface area contributed by atoms with Crippen molar-refractivity contribution in [3.8, 4) is 0 Å². The summed E-state index contributed by atoms with van der Waals surface area (Å²) >= 11 is 0. The molecule has 4 rings (SSSR count). The molecule has 3 aromatic rings. The summed E-state index contributed by atoms with van der Waals surface area (Å²) in [5, 5.41) is 5.32. The smallest absolute Gasteiger partial charge is 0.254 e. The molecule has 0 aliphatic carbocycles. The number of nitrogens with zero attached hydrogens (tertiary/aromatic N) is 1. The molecule has 0 aromatic heterocycles. The van der Waals surface area contributed by atoms with Gasteiger partial charge in [-0.25, -0.2) is 0 Å². The van der Waals surface area contributed by atoms with Crippen LogP contribution in [0.15, 0.2) is 72.8 Å². The summed E-state index contributed by atoms with van der Waals surface area (Å²) in [6, 6.07) is 24.1. The van der Waals surface area contributed by atoms with Gasteiger partial charge in [0, 0.05) is 24.6 Å². The van der Waals surface area contributed by atoms with Crippen LogP contribution >= 0.6 is 0 Å². The van der Waals surface area contributed by atoms with Gasteiger partial charge < -0.3 is 10.2 Å². The number of amides is 2. The molecule has 1 N–H and O–H groups in total. The Kier molecular flexibility index (Phi) is 6.66. The molecule has 160 valence electrons. The SMILES string of the molecule is CCC[C@@H](NC(=O)C1CCN(C(=O)c2cccc3ccccc23)CC1)c1ccccc1. The third-order valence-corrected chi connectivity index (χ3v) is 6.27. The molecule has 4 heteroatoms. The standard InChI is InChI=1S/C27H30N2O2/c1-2-9-25(21-11-4-3-5-12-21)28-26(30)22-16-18-29(19-17-22)27(31)24-15-8-13-20-10-6-7-14-23(20)24/h3-8,10-15,22,25H,2,9,16-19H2,1H3,(H,28,30)/t25-/m1/s1. The fourth-order valence-corrected chi connectivity index (χ4v) is 4.51. The van der Waals surface area contributed by atoms with E-state index in [1.807, 2.05) is 65.6 Å². The fourth-order valence-electron chi connectivity index (χ4n) is 4.51. The number of hydrogen-bond acceptors (Lipinski definition) is 2. The molecule has 1 fully saturated rings. The quantitative estimate of drug-likeness (QED) is 0.591. The second kappa shape index (κ2) is 9.78. The van der Waals surface area contributed by atoms with E-state index < -0.39 is 0 Å². The Labute approximate surface area is 184 Å². The maximum atomic E-state index is 13.2. The summed E-state index contributed by atoms with van der Waals surface area (Å²) in [6.07, 6.45) is 3.35. The van der Waals surface area contributed by atoms with Crippen molar-refractivity contribution in [2.24, 2.45) is 5.92 Å². The van der Waals surface area contributed by atoms with Crippen molar-refractivity contribution in [2.75, 3.05) is 13.1 Å². The fraction of sp³-hybridized carbons (Fsp3) is 0.333. The van der Waals surface area contributed by atoms with E-state index >= 15 is 0 Å². The van der Waals surface area contributed by atoms with Crippen LogP contribution in [-0.2, 0) is 4.79 Å². The molecule has 3 aromatic carbocycles. The lowest BCUT2D eigenvalue weighted by molar-refractivity contribution is -0.127. The van der Waals surface area contributed by atoms with E-state index in [2.05, 4.69) is 24.4 Å². The highest BCUT2D eigenvalue weighted by atomic mass is 16.2. The van der Waals surface area contributed by atoms with E-state index in [4.69, 9.17) is 0 Å². The summed E-state index contributed by atoms with van der Waals surface area (Å²) in [6.45, 7) is 3.37. The molecule has 0 spiro atoms. The Morgan fingerprint density at radius 1 is 0.935 bits per heavy atom. The lowest BCUT2D eigenvalue weighted by atomic mass is 9.93. The molecular weight excluding hydrogens is 384 g/mol. The molecule has 1 aliphatic rings. The van der Waals surface area contributed by atoms with Crippen LogP contribution < -0.4 is 5.32 Å². The van der Waals surface area contributed by atoms with E-state index in [1.54, 1.807) is 0 Å². The van der Waals surface area contributed by atoms with Crippen molar-refractivity contribution in [2.45, 2.75) is 38.6 Å². The molecule has 1 saturated heterocycles. The average molecular weight is 415 g/mol. The van der Waals surface area contributed by atoms with Crippen LogP contribution in [0, 0.1) is 5.92 Å². The maximum Gasteiger partial charge on any atom is 0.254 e. The summed E-state index contributed by atoms with van der Waals surface area (Å²) in [4.78, 5) is 28.0. The third kappa shape index (κ3) is 4.79. The first-order valence-corrected chi connectivity index (χ1v) is 11.3. The van der Waals surface area contributed by atoms with Crippen molar-refractivity contribution < 1.29 is 9.59 Å². The Bertz CT molecular complexity index is 1030. The second-order valence-electron chi connectivity index (χ2n) is 8.35. The third-order valence-electron chi connectivity index (χ3n) is 6.27. The zero-order valence-electron chi connectivity index (χ0n) is 18.1. The van der Waals surface area contributed by atoms with Crippen molar-refractivity contribution in [1.29, 1.82) is 0 Å². The Morgan fingerprint density at radius 2 is 1.61 bits per heavy atom. The number of nitrogens with one attached hydrogen (secondary N) is 1. The van der Waals surface area contributed by atoms with E-state index in [0.29, 0.717) is 25.9 Å². The van der Waals surface area contributed by atoms with Crippen LogP contribution in [0.3, 0.4) is 0 Å². The molecule has 0 unspecified atom stereocenters. The first-order chi connectivity index (χ1) is 15.2. The zero-order valence-corrected chi connectivity index (χ0v) is 18.1. The average Bonchev–Trinajstić information content (AvgIpc) is 2.83. The number of rotatable bonds is 6. The van der Waals surface area contributed by atoms with Crippen LogP contribution in [0.5, 0.6) is 0 Å². The molecule has 4 nitrogen and oxygen atoms in total. The summed E-state index contributed by atoms with van der Waals surface area (Å²) < 4.78 is 0. The van der Waals surface area contributed by atoms with E-state index in [1.165, 1.54) is 0 Å². The number of benzene rings is 3. The van der Waals surface area contributed by atoms with Gasteiger partial charge in [0.05, 0.1) is 6.04 Å². The molecule has 1 heterocycles. The van der Waals surface area contributed by atoms with Gasteiger partial charge in [-0.1, -0.05) is 80.1 Å². The molecular formula is C27H30N2O2. The van der Waals surface area contributed by atoms with Crippen molar-refractivity contribution >= 4 is 22.6 Å². The second-order valence-corrected chi connectivity index (χ2v) is 8.35. The molecule has 0 radical (unpaired) electrons. The van der Waals surface area contributed by atoms with Gasteiger partial charge in [0.1, 0.15) is 0 Å². The minimum absolute atomic E-state index is 0.0420. The van der Waals surface area contributed by atoms with Gasteiger partial charge in [0.2, 0.25) is 5.91 Å². The number of likely N-dealkylation sites (tertiary alicyclic amines) is 1. The van der Waals surface area contributed by atoms with Crippen LogP contribution in [0.4, 0.5) is 0 Å². The van der Waals surface area contributed by atoms with Crippen LogP contribution in [-0.4, -0.2) is 29.8 Å². The summed E-state index contributed by atoms with van der Waals surface area (Å²) in [5.74, 6) is 0.128. The number of carbonyl (C=O) groups is 2. The number of piperidine rings is 1. The van der Waals surface area contributed by atoms with Gasteiger partial charge in [-0.05, 0) is 41.7 Å². The van der Waals surface area contributed by atoms with Gasteiger partial charge in [-0.2, -0.15) is 0 Å². The van der Waals surface area contributed by atoms with Crippen molar-refractivity contribution in [1.82, 2.24) is 10.2 Å². The van der Waals surface area contributed by atoms with Crippen molar-refractivity contribution in [3.63, 3.8) is 0 Å². The molecule has 0 saturated carbocycles. The predicted molar refractivity (Wildman–Crippen MR) is 125 cm³/mol. The first kappa shape index (κ1) is 21.1. The monoisotopic (exact) mass is 414 g/mol. The molecule has 2 amide bonds. The summed E-state index contributed by atoms with van der Waals surface area (Å²) in [7, 11) is 0. The van der Waals surface area contributed by atoms with Crippen LogP contribution in [0.25, 0.3) is 10.8 Å². The van der Waals surface area contributed by atoms with Crippen LogP contribution in [0.1, 0.15) is 54.6 Å².